The van der Waals surface area contributed by atoms with Crippen LogP contribution in [0.5, 0.6) is 0 Å². The Bertz CT molecular complexity index is 792. The van der Waals surface area contributed by atoms with Crippen LogP contribution < -0.4 is 0 Å². The van der Waals surface area contributed by atoms with Gasteiger partial charge in [0.15, 0.2) is 6.10 Å². The zero-order valence-corrected chi connectivity index (χ0v) is 28.4. The highest BCUT2D eigenvalue weighted by atomic mass is 16.6. The molecular weight excluding hydrogens is 548 g/mol. The molecular formula is C39H66O5. The van der Waals surface area contributed by atoms with Crippen molar-refractivity contribution in [2.24, 2.45) is 0 Å². The monoisotopic (exact) mass is 614 g/mol. The van der Waals surface area contributed by atoms with Crippen molar-refractivity contribution in [2.45, 2.75) is 161 Å². The van der Waals surface area contributed by atoms with Crippen molar-refractivity contribution in [2.75, 3.05) is 13.2 Å². The Morgan fingerprint density at radius 1 is 0.545 bits per heavy atom. The molecule has 0 saturated heterocycles. The Morgan fingerprint density at radius 2 is 0.977 bits per heavy atom. The van der Waals surface area contributed by atoms with Crippen molar-refractivity contribution in [3.05, 3.63) is 60.8 Å². The summed E-state index contributed by atoms with van der Waals surface area (Å²) < 4.78 is 10.5. The normalized spacial score (nSPS) is 12.9. The number of allylic oxidation sites excluding steroid dienone is 10. The van der Waals surface area contributed by atoms with Crippen LogP contribution in [0.1, 0.15) is 155 Å². The molecule has 0 aromatic heterocycles. The maximum absolute atomic E-state index is 12.1. The van der Waals surface area contributed by atoms with Gasteiger partial charge in [0.05, 0.1) is 6.61 Å². The van der Waals surface area contributed by atoms with Crippen LogP contribution >= 0.6 is 0 Å². The molecule has 0 heterocycles. The number of carbonyl (C=O) groups excluding carboxylic acids is 2. The quantitative estimate of drug-likeness (QED) is 0.0478. The van der Waals surface area contributed by atoms with Gasteiger partial charge < -0.3 is 14.6 Å². The number of hydrogen-bond donors (Lipinski definition) is 1. The fraction of sp³-hybridized carbons (Fsp3) is 0.692. The average molecular weight is 615 g/mol. The van der Waals surface area contributed by atoms with E-state index in [4.69, 9.17) is 9.47 Å². The van der Waals surface area contributed by atoms with E-state index < -0.39 is 6.10 Å². The summed E-state index contributed by atoms with van der Waals surface area (Å²) in [6.07, 6.45) is 44.3. The van der Waals surface area contributed by atoms with Crippen molar-refractivity contribution in [1.29, 1.82) is 0 Å². The first-order valence-corrected chi connectivity index (χ1v) is 17.8. The Morgan fingerprint density at radius 3 is 1.48 bits per heavy atom. The SMILES string of the molecule is CC/C=C\C/C=C\C/C=C\C/C=C\C/C=C\CCCCCCCCCC(=O)OC(CO)COC(=O)CCCCCCCCC. The topological polar surface area (TPSA) is 72.8 Å². The summed E-state index contributed by atoms with van der Waals surface area (Å²) in [6.45, 7) is 3.95. The molecule has 0 bridgehead atoms. The van der Waals surface area contributed by atoms with E-state index in [0.717, 1.165) is 77.0 Å². The molecule has 0 aromatic rings. The maximum Gasteiger partial charge on any atom is 0.306 e. The van der Waals surface area contributed by atoms with Crippen LogP contribution in [0.3, 0.4) is 0 Å². The smallest absolute Gasteiger partial charge is 0.306 e. The molecule has 0 radical (unpaired) electrons. The van der Waals surface area contributed by atoms with Crippen LogP contribution in [-0.4, -0.2) is 36.4 Å². The van der Waals surface area contributed by atoms with Crippen molar-refractivity contribution in [1.82, 2.24) is 0 Å². The number of rotatable bonds is 31. The number of ether oxygens (including phenoxy) is 2. The average Bonchev–Trinajstić information content (AvgIpc) is 3.02. The van der Waals surface area contributed by atoms with Gasteiger partial charge in [0, 0.05) is 12.8 Å². The van der Waals surface area contributed by atoms with Gasteiger partial charge >= 0.3 is 11.9 Å². The van der Waals surface area contributed by atoms with Crippen molar-refractivity contribution < 1.29 is 24.2 Å². The molecule has 0 saturated carbocycles. The van der Waals surface area contributed by atoms with Crippen LogP contribution in [-0.2, 0) is 19.1 Å². The van der Waals surface area contributed by atoms with Crippen LogP contribution in [0, 0.1) is 0 Å². The van der Waals surface area contributed by atoms with E-state index >= 15 is 0 Å². The third kappa shape index (κ3) is 32.5. The van der Waals surface area contributed by atoms with E-state index in [1.807, 2.05) is 0 Å². The van der Waals surface area contributed by atoms with Gasteiger partial charge in [0.1, 0.15) is 6.61 Å². The Hall–Kier alpha value is -2.40. The molecule has 1 unspecified atom stereocenters. The molecule has 1 atom stereocenters. The second kappa shape index (κ2) is 35.1. The van der Waals surface area contributed by atoms with E-state index in [1.54, 1.807) is 0 Å². The highest BCUT2D eigenvalue weighted by molar-refractivity contribution is 5.70. The third-order valence-electron chi connectivity index (χ3n) is 7.33. The van der Waals surface area contributed by atoms with Gasteiger partial charge in [-0.1, -0.05) is 145 Å². The Balaban J connectivity index is 3.60. The molecule has 44 heavy (non-hydrogen) atoms. The van der Waals surface area contributed by atoms with E-state index in [1.165, 1.54) is 51.4 Å². The zero-order valence-electron chi connectivity index (χ0n) is 28.4. The minimum Gasteiger partial charge on any atom is -0.462 e. The third-order valence-corrected chi connectivity index (χ3v) is 7.33. The molecule has 0 aliphatic rings. The highest BCUT2D eigenvalue weighted by Crippen LogP contribution is 2.12. The lowest BCUT2D eigenvalue weighted by Crippen LogP contribution is -2.28. The van der Waals surface area contributed by atoms with E-state index in [0.29, 0.717) is 12.8 Å². The van der Waals surface area contributed by atoms with Crippen LogP contribution in [0.15, 0.2) is 60.8 Å². The van der Waals surface area contributed by atoms with Crippen molar-refractivity contribution >= 4 is 11.9 Å². The summed E-state index contributed by atoms with van der Waals surface area (Å²) in [5, 5.41) is 9.48. The first-order chi connectivity index (χ1) is 21.6. The van der Waals surface area contributed by atoms with Gasteiger partial charge in [-0.15, -0.1) is 0 Å². The van der Waals surface area contributed by atoms with Crippen molar-refractivity contribution in [3.8, 4) is 0 Å². The minimum atomic E-state index is -0.775. The van der Waals surface area contributed by atoms with Crippen LogP contribution in [0.25, 0.3) is 0 Å². The highest BCUT2D eigenvalue weighted by Gasteiger charge is 2.16. The molecule has 0 amide bonds. The molecule has 1 N–H and O–H groups in total. The lowest BCUT2D eigenvalue weighted by molar-refractivity contribution is -0.161. The van der Waals surface area contributed by atoms with Gasteiger partial charge in [-0.2, -0.15) is 0 Å². The summed E-state index contributed by atoms with van der Waals surface area (Å²) in [5.74, 6) is -0.616. The Labute approximate surface area is 271 Å². The first kappa shape index (κ1) is 41.6. The van der Waals surface area contributed by atoms with Crippen LogP contribution in [0.4, 0.5) is 0 Å². The molecule has 252 valence electrons. The number of esters is 2. The van der Waals surface area contributed by atoms with Crippen LogP contribution in [0.2, 0.25) is 0 Å². The number of aliphatic hydroxyl groups excluding tert-OH is 1. The molecule has 0 rings (SSSR count). The molecule has 0 aliphatic heterocycles. The number of unbranched alkanes of at least 4 members (excludes halogenated alkanes) is 13. The van der Waals surface area contributed by atoms with Gasteiger partial charge in [-0.25, -0.2) is 0 Å². The fourth-order valence-corrected chi connectivity index (χ4v) is 4.64. The summed E-state index contributed by atoms with van der Waals surface area (Å²) >= 11 is 0. The van der Waals surface area contributed by atoms with Crippen molar-refractivity contribution in [3.63, 3.8) is 0 Å². The van der Waals surface area contributed by atoms with E-state index in [-0.39, 0.29) is 25.2 Å². The second-order valence-electron chi connectivity index (χ2n) is 11.6. The number of carbonyl (C=O) groups is 2. The molecule has 0 spiro atoms. The fourth-order valence-electron chi connectivity index (χ4n) is 4.64. The first-order valence-electron chi connectivity index (χ1n) is 17.8. The van der Waals surface area contributed by atoms with Gasteiger partial charge in [-0.05, 0) is 57.8 Å². The molecule has 5 nitrogen and oxygen atoms in total. The van der Waals surface area contributed by atoms with Gasteiger partial charge in [0.2, 0.25) is 0 Å². The predicted octanol–water partition coefficient (Wildman–Crippen LogP) is 10.8. The summed E-state index contributed by atoms with van der Waals surface area (Å²) in [7, 11) is 0. The lowest BCUT2D eigenvalue weighted by atomic mass is 10.1. The lowest BCUT2D eigenvalue weighted by Gasteiger charge is -2.15. The summed E-state index contributed by atoms with van der Waals surface area (Å²) in [4.78, 5) is 24.0. The van der Waals surface area contributed by atoms with E-state index in [9.17, 15) is 14.7 Å². The molecule has 0 aliphatic carbocycles. The Kier molecular flexibility index (Phi) is 33.2. The van der Waals surface area contributed by atoms with Gasteiger partial charge in [-0.3, -0.25) is 9.59 Å². The molecule has 0 fully saturated rings. The van der Waals surface area contributed by atoms with Gasteiger partial charge in [0.25, 0.3) is 0 Å². The molecule has 5 heteroatoms. The van der Waals surface area contributed by atoms with E-state index in [2.05, 4.69) is 74.6 Å². The molecule has 0 aromatic carbocycles. The summed E-state index contributed by atoms with van der Waals surface area (Å²) in [6, 6.07) is 0. The second-order valence-corrected chi connectivity index (χ2v) is 11.6. The zero-order chi connectivity index (χ0) is 32.2. The number of aliphatic hydroxyl groups is 1. The predicted molar refractivity (Wildman–Crippen MR) is 187 cm³/mol. The largest absolute Gasteiger partial charge is 0.462 e. The summed E-state index contributed by atoms with van der Waals surface area (Å²) in [5.41, 5.74) is 0. The maximum atomic E-state index is 12.1. The standard InChI is InChI=1S/C39H66O5/c1-3-5-7-9-11-12-13-14-15-16-17-18-19-20-21-22-23-24-25-26-28-30-32-34-39(42)44-37(35-40)36-43-38(41)33-31-29-27-10-8-6-4-2/h5,7,11-12,14-15,17-18,20-21,37,40H,3-4,6,8-10,13,16,19,22-36H2,1-2H3/b7-5-,12-11-,15-14-,18-17-,21-20-. The minimum absolute atomic E-state index is 0.0722. The number of hydrogen-bond acceptors (Lipinski definition) is 5.